The second kappa shape index (κ2) is 4.94. The van der Waals surface area contributed by atoms with Gasteiger partial charge in [0.1, 0.15) is 0 Å². The van der Waals surface area contributed by atoms with Crippen LogP contribution in [-0.4, -0.2) is 37.1 Å². The number of pyridine rings is 1. The summed E-state index contributed by atoms with van der Waals surface area (Å²) in [5.41, 5.74) is 0.844. The summed E-state index contributed by atoms with van der Waals surface area (Å²) in [4.78, 5) is 18.6. The van der Waals surface area contributed by atoms with Crippen molar-refractivity contribution in [2.75, 3.05) is 36.4 Å². The van der Waals surface area contributed by atoms with Crippen molar-refractivity contribution in [3.8, 4) is 0 Å². The Kier molecular flexibility index (Phi) is 3.15. The minimum atomic E-state index is 0.0993. The lowest BCUT2D eigenvalue weighted by Crippen LogP contribution is -2.48. The van der Waals surface area contributed by atoms with E-state index in [1.54, 1.807) is 6.20 Å². The number of anilines is 2. The Bertz CT molecular complexity index is 438. The molecule has 0 spiro atoms. The van der Waals surface area contributed by atoms with Gasteiger partial charge in [-0.15, -0.1) is 0 Å². The SMILES string of the molecule is O=C(Nc1cccnc1N1CCCC1)C1CNC1. The van der Waals surface area contributed by atoms with Crippen molar-refractivity contribution in [2.45, 2.75) is 12.8 Å². The lowest BCUT2D eigenvalue weighted by Gasteiger charge is -2.27. The molecule has 5 heteroatoms. The standard InChI is InChI=1S/C13H18N4O/c18-13(10-8-14-9-10)16-11-4-3-5-15-12(11)17-6-1-2-7-17/h3-5,10,14H,1-2,6-9H2,(H,16,18). The van der Waals surface area contributed by atoms with E-state index >= 15 is 0 Å². The summed E-state index contributed by atoms with van der Waals surface area (Å²) >= 11 is 0. The van der Waals surface area contributed by atoms with Gasteiger partial charge in [-0.2, -0.15) is 0 Å². The number of carbonyl (C=O) groups is 1. The average molecular weight is 246 g/mol. The Morgan fingerprint density at radius 3 is 2.83 bits per heavy atom. The van der Waals surface area contributed by atoms with Crippen LogP contribution in [0.1, 0.15) is 12.8 Å². The summed E-state index contributed by atoms with van der Waals surface area (Å²) in [7, 11) is 0. The predicted octanol–water partition coefficient (Wildman–Crippen LogP) is 0.840. The molecule has 2 fully saturated rings. The molecule has 2 N–H and O–H groups in total. The summed E-state index contributed by atoms with van der Waals surface area (Å²) in [6.45, 7) is 3.63. The molecule has 1 aromatic heterocycles. The number of amides is 1. The van der Waals surface area contributed by atoms with Crippen molar-refractivity contribution >= 4 is 17.4 Å². The van der Waals surface area contributed by atoms with Crippen LogP contribution in [-0.2, 0) is 4.79 Å². The van der Waals surface area contributed by atoms with Crippen LogP contribution in [0.4, 0.5) is 11.5 Å². The van der Waals surface area contributed by atoms with E-state index < -0.39 is 0 Å². The summed E-state index contributed by atoms with van der Waals surface area (Å²) < 4.78 is 0. The maximum absolute atomic E-state index is 12.0. The lowest BCUT2D eigenvalue weighted by molar-refractivity contribution is -0.121. The van der Waals surface area contributed by atoms with Gasteiger partial charge in [-0.3, -0.25) is 4.79 Å². The van der Waals surface area contributed by atoms with Crippen molar-refractivity contribution in [1.29, 1.82) is 0 Å². The Hall–Kier alpha value is -1.62. The predicted molar refractivity (Wildman–Crippen MR) is 70.7 cm³/mol. The van der Waals surface area contributed by atoms with E-state index in [0.717, 1.165) is 37.7 Å². The zero-order valence-corrected chi connectivity index (χ0v) is 10.4. The summed E-state index contributed by atoms with van der Waals surface area (Å²) in [6, 6.07) is 3.80. The van der Waals surface area contributed by atoms with Crippen LogP contribution >= 0.6 is 0 Å². The lowest BCUT2D eigenvalue weighted by atomic mass is 10.0. The fourth-order valence-electron chi connectivity index (χ4n) is 2.38. The minimum Gasteiger partial charge on any atom is -0.355 e. The maximum atomic E-state index is 12.0. The topological polar surface area (TPSA) is 57.3 Å². The molecule has 96 valence electrons. The largest absolute Gasteiger partial charge is 0.355 e. The number of aromatic nitrogens is 1. The highest BCUT2D eigenvalue weighted by Gasteiger charge is 2.26. The summed E-state index contributed by atoms with van der Waals surface area (Å²) in [6.07, 6.45) is 4.20. The van der Waals surface area contributed by atoms with Crippen LogP contribution < -0.4 is 15.5 Å². The van der Waals surface area contributed by atoms with Crippen molar-refractivity contribution in [2.24, 2.45) is 5.92 Å². The van der Waals surface area contributed by atoms with E-state index in [0.29, 0.717) is 0 Å². The van der Waals surface area contributed by atoms with Gasteiger partial charge in [0.25, 0.3) is 0 Å². The fourth-order valence-corrected chi connectivity index (χ4v) is 2.38. The smallest absolute Gasteiger partial charge is 0.230 e. The molecular weight excluding hydrogens is 228 g/mol. The van der Waals surface area contributed by atoms with Gasteiger partial charge in [0.2, 0.25) is 5.91 Å². The molecule has 0 bridgehead atoms. The average Bonchev–Trinajstić information content (AvgIpc) is 2.80. The number of nitrogens with zero attached hydrogens (tertiary/aromatic N) is 2. The number of hydrogen-bond acceptors (Lipinski definition) is 4. The number of nitrogens with one attached hydrogen (secondary N) is 2. The molecule has 1 amide bonds. The molecule has 2 saturated heterocycles. The van der Waals surface area contributed by atoms with Crippen molar-refractivity contribution in [3.63, 3.8) is 0 Å². The molecule has 5 nitrogen and oxygen atoms in total. The van der Waals surface area contributed by atoms with Crippen molar-refractivity contribution in [3.05, 3.63) is 18.3 Å². The zero-order chi connectivity index (χ0) is 12.4. The molecule has 3 heterocycles. The Balaban J connectivity index is 1.75. The first kappa shape index (κ1) is 11.5. The van der Waals surface area contributed by atoms with Crippen LogP contribution in [0.15, 0.2) is 18.3 Å². The monoisotopic (exact) mass is 246 g/mol. The van der Waals surface area contributed by atoms with Crippen molar-refractivity contribution in [1.82, 2.24) is 10.3 Å². The molecule has 0 radical (unpaired) electrons. The normalized spacial score (nSPS) is 19.7. The first-order chi connectivity index (χ1) is 8.84. The molecule has 2 aliphatic heterocycles. The number of carbonyl (C=O) groups excluding carboxylic acids is 1. The Labute approximate surface area is 107 Å². The molecular formula is C13H18N4O. The second-order valence-corrected chi connectivity index (χ2v) is 4.91. The van der Waals surface area contributed by atoms with E-state index in [2.05, 4.69) is 20.5 Å². The van der Waals surface area contributed by atoms with E-state index in [9.17, 15) is 4.79 Å². The summed E-state index contributed by atoms with van der Waals surface area (Å²) in [5, 5.41) is 6.12. The third-order valence-corrected chi connectivity index (χ3v) is 3.60. The molecule has 1 aromatic rings. The highest BCUT2D eigenvalue weighted by Crippen LogP contribution is 2.26. The van der Waals surface area contributed by atoms with Crippen LogP contribution in [0.2, 0.25) is 0 Å². The van der Waals surface area contributed by atoms with E-state index in [1.165, 1.54) is 12.8 Å². The molecule has 0 saturated carbocycles. The Morgan fingerprint density at radius 2 is 2.17 bits per heavy atom. The maximum Gasteiger partial charge on any atom is 0.230 e. The van der Waals surface area contributed by atoms with E-state index in [1.807, 2.05) is 12.1 Å². The molecule has 2 aliphatic rings. The number of rotatable bonds is 3. The Morgan fingerprint density at radius 1 is 1.39 bits per heavy atom. The van der Waals surface area contributed by atoms with Gasteiger partial charge in [0.15, 0.2) is 5.82 Å². The van der Waals surface area contributed by atoms with Crippen LogP contribution in [0, 0.1) is 5.92 Å². The molecule has 0 unspecified atom stereocenters. The van der Waals surface area contributed by atoms with Gasteiger partial charge in [0, 0.05) is 32.4 Å². The second-order valence-electron chi connectivity index (χ2n) is 4.91. The van der Waals surface area contributed by atoms with Crippen LogP contribution in [0.3, 0.4) is 0 Å². The summed E-state index contributed by atoms with van der Waals surface area (Å²) in [5.74, 6) is 1.12. The van der Waals surface area contributed by atoms with Crippen LogP contribution in [0.25, 0.3) is 0 Å². The quantitative estimate of drug-likeness (QED) is 0.830. The first-order valence-electron chi connectivity index (χ1n) is 6.56. The molecule has 0 aromatic carbocycles. The minimum absolute atomic E-state index is 0.0993. The number of hydrogen-bond donors (Lipinski definition) is 2. The highest BCUT2D eigenvalue weighted by atomic mass is 16.2. The molecule has 0 atom stereocenters. The van der Waals surface area contributed by atoms with Crippen molar-refractivity contribution < 1.29 is 4.79 Å². The third kappa shape index (κ3) is 2.18. The zero-order valence-electron chi connectivity index (χ0n) is 10.4. The van der Waals surface area contributed by atoms with E-state index in [-0.39, 0.29) is 11.8 Å². The van der Waals surface area contributed by atoms with Gasteiger partial charge in [-0.1, -0.05) is 0 Å². The van der Waals surface area contributed by atoms with E-state index in [4.69, 9.17) is 0 Å². The van der Waals surface area contributed by atoms with Gasteiger partial charge >= 0.3 is 0 Å². The van der Waals surface area contributed by atoms with Gasteiger partial charge in [0.05, 0.1) is 11.6 Å². The highest BCUT2D eigenvalue weighted by molar-refractivity contribution is 5.95. The third-order valence-electron chi connectivity index (χ3n) is 3.60. The molecule has 3 rings (SSSR count). The molecule has 0 aliphatic carbocycles. The van der Waals surface area contributed by atoms with Gasteiger partial charge in [-0.05, 0) is 25.0 Å². The molecule has 18 heavy (non-hydrogen) atoms. The van der Waals surface area contributed by atoms with Gasteiger partial charge in [-0.25, -0.2) is 4.98 Å². The fraction of sp³-hybridized carbons (Fsp3) is 0.538. The first-order valence-corrected chi connectivity index (χ1v) is 6.56. The van der Waals surface area contributed by atoms with Gasteiger partial charge < -0.3 is 15.5 Å². The van der Waals surface area contributed by atoms with Crippen LogP contribution in [0.5, 0.6) is 0 Å².